The van der Waals surface area contributed by atoms with Crippen molar-refractivity contribution in [2.24, 2.45) is 5.73 Å². The summed E-state index contributed by atoms with van der Waals surface area (Å²) in [6.45, 7) is 0.709. The number of nitrogens with zero attached hydrogens (tertiary/aromatic N) is 1. The van der Waals surface area contributed by atoms with E-state index in [0.717, 1.165) is 15.6 Å². The molecule has 0 aliphatic heterocycles. The summed E-state index contributed by atoms with van der Waals surface area (Å²) in [6, 6.07) is 8.19. The van der Waals surface area contributed by atoms with Crippen molar-refractivity contribution >= 4 is 58.1 Å². The number of rotatable bonds is 3. The van der Waals surface area contributed by atoms with E-state index in [4.69, 9.17) is 5.73 Å². The Morgan fingerprint density at radius 2 is 2.00 bits per heavy atom. The molecule has 0 fully saturated rings. The number of benzene rings is 1. The van der Waals surface area contributed by atoms with Gasteiger partial charge in [0.2, 0.25) is 0 Å². The molecule has 0 atom stereocenters. The van der Waals surface area contributed by atoms with Crippen LogP contribution >= 0.6 is 47.9 Å². The lowest BCUT2D eigenvalue weighted by atomic mass is 10.3. The van der Waals surface area contributed by atoms with Crippen LogP contribution < -0.4 is 5.73 Å². The Hall–Kier alpha value is -0.000000000000000194. The molecular formula is C9H12Cl2N2S2. The van der Waals surface area contributed by atoms with E-state index in [1.807, 2.05) is 18.2 Å². The van der Waals surface area contributed by atoms with E-state index in [2.05, 4.69) is 11.1 Å². The summed E-state index contributed by atoms with van der Waals surface area (Å²) in [5.41, 5.74) is 6.52. The van der Waals surface area contributed by atoms with Crippen molar-refractivity contribution in [2.45, 2.75) is 4.34 Å². The smallest absolute Gasteiger partial charge is 0.151 e. The van der Waals surface area contributed by atoms with Crippen LogP contribution in [0.3, 0.4) is 0 Å². The second-order valence-corrected chi connectivity index (χ2v) is 4.96. The van der Waals surface area contributed by atoms with Crippen LogP contribution in [0.15, 0.2) is 28.6 Å². The van der Waals surface area contributed by atoms with Crippen molar-refractivity contribution in [3.8, 4) is 0 Å². The van der Waals surface area contributed by atoms with Gasteiger partial charge >= 0.3 is 0 Å². The molecule has 0 saturated carbocycles. The van der Waals surface area contributed by atoms with Gasteiger partial charge < -0.3 is 5.73 Å². The topological polar surface area (TPSA) is 38.9 Å². The molecule has 0 amide bonds. The number of thiazole rings is 1. The first-order chi connectivity index (χ1) is 6.40. The van der Waals surface area contributed by atoms with E-state index in [9.17, 15) is 0 Å². The number of nitrogens with two attached hydrogens (primary N) is 1. The number of hydrogen-bond acceptors (Lipinski definition) is 4. The maximum absolute atomic E-state index is 5.43. The SMILES string of the molecule is Cl.Cl.NCCSc1nc2ccccc2s1. The van der Waals surface area contributed by atoms with Gasteiger partial charge in [-0.2, -0.15) is 0 Å². The zero-order chi connectivity index (χ0) is 9.10. The summed E-state index contributed by atoms with van der Waals surface area (Å²) in [7, 11) is 0. The molecule has 0 radical (unpaired) electrons. The molecule has 0 aliphatic carbocycles. The second kappa shape index (κ2) is 7.30. The highest BCUT2D eigenvalue weighted by Crippen LogP contribution is 2.28. The van der Waals surface area contributed by atoms with Crippen LogP contribution in [0.25, 0.3) is 10.2 Å². The molecular weight excluding hydrogens is 271 g/mol. The molecule has 0 spiro atoms. The first-order valence-electron chi connectivity index (χ1n) is 4.08. The average molecular weight is 283 g/mol. The monoisotopic (exact) mass is 282 g/mol. The number of hydrogen-bond donors (Lipinski definition) is 1. The summed E-state index contributed by atoms with van der Waals surface area (Å²) >= 11 is 3.46. The van der Waals surface area contributed by atoms with E-state index in [0.29, 0.717) is 6.54 Å². The predicted octanol–water partition coefficient (Wildman–Crippen LogP) is 3.19. The molecule has 1 aromatic carbocycles. The molecule has 1 aromatic heterocycles. The van der Waals surface area contributed by atoms with Crippen molar-refractivity contribution < 1.29 is 0 Å². The van der Waals surface area contributed by atoms with Crippen LogP contribution in [0.2, 0.25) is 0 Å². The summed E-state index contributed by atoms with van der Waals surface area (Å²) < 4.78 is 2.37. The third-order valence-corrected chi connectivity index (χ3v) is 3.83. The Balaban J connectivity index is 0.000000980. The molecule has 6 heteroatoms. The number of halogens is 2. The molecule has 0 aliphatic rings. The quantitative estimate of drug-likeness (QED) is 0.879. The molecule has 1 heterocycles. The number of thioether (sulfide) groups is 1. The normalized spacial score (nSPS) is 9.40. The molecule has 0 unspecified atom stereocenters. The van der Waals surface area contributed by atoms with Crippen LogP contribution in [-0.2, 0) is 0 Å². The standard InChI is InChI=1S/C9H10N2S2.2ClH/c10-5-6-12-9-11-7-3-1-2-4-8(7)13-9;;/h1-4H,5-6,10H2;2*1H. The zero-order valence-corrected chi connectivity index (χ0v) is 11.1. The van der Waals surface area contributed by atoms with Crippen LogP contribution in [0.4, 0.5) is 0 Å². The van der Waals surface area contributed by atoms with E-state index < -0.39 is 0 Å². The Kier molecular flexibility index (Phi) is 7.30. The molecule has 2 rings (SSSR count). The van der Waals surface area contributed by atoms with Crippen molar-refractivity contribution in [1.82, 2.24) is 4.98 Å². The van der Waals surface area contributed by atoms with Crippen molar-refractivity contribution in [1.29, 1.82) is 0 Å². The van der Waals surface area contributed by atoms with Gasteiger partial charge in [0, 0.05) is 12.3 Å². The van der Waals surface area contributed by atoms with E-state index >= 15 is 0 Å². The molecule has 84 valence electrons. The highest BCUT2D eigenvalue weighted by atomic mass is 35.5. The third kappa shape index (κ3) is 3.81. The molecule has 0 saturated heterocycles. The van der Waals surface area contributed by atoms with E-state index in [-0.39, 0.29) is 24.8 Å². The lowest BCUT2D eigenvalue weighted by Crippen LogP contribution is -2.00. The largest absolute Gasteiger partial charge is 0.330 e. The first kappa shape index (κ1) is 15.0. The minimum Gasteiger partial charge on any atom is -0.330 e. The summed E-state index contributed by atoms with van der Waals surface area (Å²) in [5.74, 6) is 0.944. The van der Waals surface area contributed by atoms with Gasteiger partial charge in [-0.3, -0.25) is 0 Å². The molecule has 0 bridgehead atoms. The summed E-state index contributed by atoms with van der Waals surface area (Å²) in [6.07, 6.45) is 0. The number of aromatic nitrogens is 1. The minimum absolute atomic E-state index is 0. The van der Waals surface area contributed by atoms with Crippen LogP contribution in [0.1, 0.15) is 0 Å². The average Bonchev–Trinajstić information content (AvgIpc) is 2.57. The van der Waals surface area contributed by atoms with Gasteiger partial charge in [-0.1, -0.05) is 23.9 Å². The summed E-state index contributed by atoms with van der Waals surface area (Å²) in [4.78, 5) is 4.48. The van der Waals surface area contributed by atoms with Gasteiger partial charge in [0.25, 0.3) is 0 Å². The minimum atomic E-state index is 0. The Bertz CT molecular complexity index is 373. The predicted molar refractivity (Wildman–Crippen MR) is 73.9 cm³/mol. The van der Waals surface area contributed by atoms with Gasteiger partial charge in [0.1, 0.15) is 0 Å². The molecule has 2 aromatic rings. The van der Waals surface area contributed by atoms with Gasteiger partial charge in [0.05, 0.1) is 10.2 Å². The Morgan fingerprint density at radius 1 is 1.27 bits per heavy atom. The van der Waals surface area contributed by atoms with Crippen molar-refractivity contribution in [2.75, 3.05) is 12.3 Å². The van der Waals surface area contributed by atoms with Crippen LogP contribution in [-0.4, -0.2) is 17.3 Å². The van der Waals surface area contributed by atoms with E-state index in [1.165, 1.54) is 4.70 Å². The molecule has 2 nitrogen and oxygen atoms in total. The molecule has 2 N–H and O–H groups in total. The highest BCUT2D eigenvalue weighted by Gasteiger charge is 2.01. The van der Waals surface area contributed by atoms with Gasteiger partial charge in [-0.15, -0.1) is 36.2 Å². The lowest BCUT2D eigenvalue weighted by molar-refractivity contribution is 1.14. The van der Waals surface area contributed by atoms with Gasteiger partial charge in [-0.05, 0) is 12.1 Å². The molecule has 15 heavy (non-hydrogen) atoms. The maximum atomic E-state index is 5.43. The van der Waals surface area contributed by atoms with Crippen LogP contribution in [0.5, 0.6) is 0 Å². The fourth-order valence-electron chi connectivity index (χ4n) is 1.06. The zero-order valence-electron chi connectivity index (χ0n) is 7.88. The fourth-order valence-corrected chi connectivity index (χ4v) is 2.97. The number of para-hydroxylation sites is 1. The Morgan fingerprint density at radius 3 is 2.67 bits per heavy atom. The Labute approximate surface area is 109 Å². The first-order valence-corrected chi connectivity index (χ1v) is 5.89. The second-order valence-electron chi connectivity index (χ2n) is 2.58. The third-order valence-electron chi connectivity index (χ3n) is 1.62. The number of fused-ring (bicyclic) bond motifs is 1. The van der Waals surface area contributed by atoms with Crippen LogP contribution in [0, 0.1) is 0 Å². The van der Waals surface area contributed by atoms with Crippen molar-refractivity contribution in [3.05, 3.63) is 24.3 Å². The lowest BCUT2D eigenvalue weighted by Gasteiger charge is -1.89. The fraction of sp³-hybridized carbons (Fsp3) is 0.222. The highest BCUT2D eigenvalue weighted by molar-refractivity contribution is 8.01. The van der Waals surface area contributed by atoms with E-state index in [1.54, 1.807) is 23.1 Å². The van der Waals surface area contributed by atoms with Gasteiger partial charge in [-0.25, -0.2) is 4.98 Å². The van der Waals surface area contributed by atoms with Crippen molar-refractivity contribution in [3.63, 3.8) is 0 Å². The van der Waals surface area contributed by atoms with Gasteiger partial charge in [0.15, 0.2) is 4.34 Å². The summed E-state index contributed by atoms with van der Waals surface area (Å²) in [5, 5.41) is 0. The maximum Gasteiger partial charge on any atom is 0.151 e.